The molecule has 4 heteroatoms. The molecule has 1 nitrogen and oxygen atoms in total. The minimum atomic E-state index is 0.734. The molecule has 0 aromatic heterocycles. The highest BCUT2D eigenvalue weighted by atomic mass is 79.9. The van der Waals surface area contributed by atoms with Gasteiger partial charge in [-0.05, 0) is 50.4 Å². The van der Waals surface area contributed by atoms with Crippen molar-refractivity contribution in [3.05, 3.63) is 26.1 Å². The van der Waals surface area contributed by atoms with Crippen molar-refractivity contribution >= 4 is 49.1 Å². The summed E-state index contributed by atoms with van der Waals surface area (Å²) in [6.45, 7) is 3.24. The van der Waals surface area contributed by atoms with E-state index in [-0.39, 0.29) is 0 Å². The third-order valence-corrected chi connectivity index (χ3v) is 4.06. The Bertz CT molecular complexity index is 332. The zero-order valence-electron chi connectivity index (χ0n) is 10.0. The van der Waals surface area contributed by atoms with Gasteiger partial charge >= 0.3 is 0 Å². The molecule has 0 heterocycles. The van der Waals surface area contributed by atoms with E-state index in [0.717, 1.165) is 26.2 Å². The summed E-state index contributed by atoms with van der Waals surface area (Å²) in [5.41, 5.74) is 1.09. The van der Waals surface area contributed by atoms with Crippen LogP contribution in [0.25, 0.3) is 0 Å². The van der Waals surface area contributed by atoms with Crippen molar-refractivity contribution < 1.29 is 0 Å². The fourth-order valence-corrected chi connectivity index (χ4v) is 3.60. The fraction of sp³-hybridized carbons (Fsp3) is 0.538. The van der Waals surface area contributed by atoms with Gasteiger partial charge in [0.15, 0.2) is 0 Å². The molecule has 0 spiro atoms. The smallest absolute Gasteiger partial charge is 0.0630 e. The molecule has 0 bridgehead atoms. The van der Waals surface area contributed by atoms with Gasteiger partial charge < -0.3 is 5.32 Å². The maximum atomic E-state index is 5.95. The van der Waals surface area contributed by atoms with Gasteiger partial charge in [0.25, 0.3) is 0 Å². The topological polar surface area (TPSA) is 12.0 Å². The quantitative estimate of drug-likeness (QED) is 0.549. The van der Waals surface area contributed by atoms with Gasteiger partial charge in [-0.15, -0.1) is 0 Å². The van der Waals surface area contributed by atoms with Crippen LogP contribution < -0.4 is 5.32 Å². The first-order valence-electron chi connectivity index (χ1n) is 6.03. The van der Waals surface area contributed by atoms with E-state index >= 15 is 0 Å². The summed E-state index contributed by atoms with van der Waals surface area (Å²) in [5.74, 6) is 0. The van der Waals surface area contributed by atoms with Gasteiger partial charge in [0.2, 0.25) is 0 Å². The highest BCUT2D eigenvalue weighted by molar-refractivity contribution is 9.11. The number of unbranched alkanes of at least 4 members (excludes halogenated alkanes) is 4. The molecule has 1 aromatic rings. The molecule has 1 rings (SSSR count). The van der Waals surface area contributed by atoms with Gasteiger partial charge in [-0.1, -0.05) is 44.2 Å². The predicted octanol–water partition coefficient (Wildman–Crippen LogP) is 6.25. The summed E-state index contributed by atoms with van der Waals surface area (Å²) in [7, 11) is 0. The van der Waals surface area contributed by atoms with E-state index in [0.29, 0.717) is 0 Å². The minimum Gasteiger partial charge on any atom is -0.383 e. The second kappa shape index (κ2) is 8.39. The Kier molecular flexibility index (Phi) is 7.56. The van der Waals surface area contributed by atoms with E-state index in [2.05, 4.69) is 44.1 Å². The molecular formula is C13H18Br2ClN. The third-order valence-electron chi connectivity index (χ3n) is 2.59. The van der Waals surface area contributed by atoms with Crippen molar-refractivity contribution in [2.45, 2.75) is 39.0 Å². The van der Waals surface area contributed by atoms with E-state index in [1.165, 1.54) is 32.1 Å². The normalized spacial score (nSPS) is 10.6. The van der Waals surface area contributed by atoms with Gasteiger partial charge in [0.1, 0.15) is 0 Å². The Morgan fingerprint density at radius 2 is 1.65 bits per heavy atom. The van der Waals surface area contributed by atoms with Crippen molar-refractivity contribution in [2.75, 3.05) is 11.9 Å². The van der Waals surface area contributed by atoms with Crippen LogP contribution in [-0.4, -0.2) is 6.54 Å². The van der Waals surface area contributed by atoms with Crippen LogP contribution in [0.5, 0.6) is 0 Å². The van der Waals surface area contributed by atoms with E-state index in [1.54, 1.807) is 0 Å². The number of benzene rings is 1. The van der Waals surface area contributed by atoms with Crippen LogP contribution in [0.2, 0.25) is 5.02 Å². The molecule has 96 valence electrons. The standard InChI is InChI=1S/C13H18Br2ClN/c1-2-3-4-5-6-7-17-13-11(14)8-10(16)9-12(13)15/h8-9,17H,2-7H2,1H3. The molecule has 17 heavy (non-hydrogen) atoms. The predicted molar refractivity (Wildman–Crippen MR) is 84.1 cm³/mol. The Labute approximate surface area is 126 Å². The van der Waals surface area contributed by atoms with Crippen LogP contribution in [0.4, 0.5) is 5.69 Å². The molecule has 0 fully saturated rings. The summed E-state index contributed by atoms with van der Waals surface area (Å²) < 4.78 is 2.01. The van der Waals surface area contributed by atoms with Crippen molar-refractivity contribution in [2.24, 2.45) is 0 Å². The molecule has 0 amide bonds. The van der Waals surface area contributed by atoms with E-state index in [4.69, 9.17) is 11.6 Å². The average Bonchev–Trinajstić information content (AvgIpc) is 2.26. The van der Waals surface area contributed by atoms with Crippen LogP contribution in [0.1, 0.15) is 39.0 Å². The molecule has 0 unspecified atom stereocenters. The van der Waals surface area contributed by atoms with Crippen LogP contribution in [0.15, 0.2) is 21.1 Å². The molecule has 0 aliphatic rings. The lowest BCUT2D eigenvalue weighted by molar-refractivity contribution is 0.645. The average molecular weight is 384 g/mol. The van der Waals surface area contributed by atoms with Crippen LogP contribution in [0, 0.1) is 0 Å². The number of hydrogen-bond acceptors (Lipinski definition) is 1. The lowest BCUT2D eigenvalue weighted by Crippen LogP contribution is -2.02. The number of hydrogen-bond donors (Lipinski definition) is 1. The maximum absolute atomic E-state index is 5.95. The molecule has 0 aliphatic carbocycles. The molecule has 1 N–H and O–H groups in total. The lowest BCUT2D eigenvalue weighted by atomic mass is 10.1. The Morgan fingerprint density at radius 3 is 2.24 bits per heavy atom. The fourth-order valence-electron chi connectivity index (χ4n) is 1.65. The summed E-state index contributed by atoms with van der Waals surface area (Å²) >= 11 is 13.0. The number of nitrogens with one attached hydrogen (secondary N) is 1. The minimum absolute atomic E-state index is 0.734. The van der Waals surface area contributed by atoms with Crippen molar-refractivity contribution in [1.29, 1.82) is 0 Å². The van der Waals surface area contributed by atoms with Gasteiger partial charge in [-0.3, -0.25) is 0 Å². The zero-order valence-corrected chi connectivity index (χ0v) is 14.0. The number of halogens is 3. The summed E-state index contributed by atoms with van der Waals surface area (Å²) in [4.78, 5) is 0. The number of anilines is 1. The van der Waals surface area contributed by atoms with Gasteiger partial charge in [0.05, 0.1) is 5.69 Å². The first-order chi connectivity index (χ1) is 8.15. The first kappa shape index (κ1) is 15.3. The molecule has 0 saturated carbocycles. The third kappa shape index (κ3) is 5.62. The van der Waals surface area contributed by atoms with Crippen molar-refractivity contribution in [1.82, 2.24) is 0 Å². The van der Waals surface area contributed by atoms with Crippen molar-refractivity contribution in [3.8, 4) is 0 Å². The lowest BCUT2D eigenvalue weighted by Gasteiger charge is -2.11. The van der Waals surface area contributed by atoms with Gasteiger partial charge in [-0.2, -0.15) is 0 Å². The Balaban J connectivity index is 2.36. The molecule has 0 aliphatic heterocycles. The Hall–Kier alpha value is 0.270. The van der Waals surface area contributed by atoms with Crippen LogP contribution in [0.3, 0.4) is 0 Å². The maximum Gasteiger partial charge on any atom is 0.0630 e. The van der Waals surface area contributed by atoms with E-state index in [9.17, 15) is 0 Å². The van der Waals surface area contributed by atoms with Gasteiger partial charge in [-0.25, -0.2) is 0 Å². The molecule has 1 aromatic carbocycles. The second-order valence-electron chi connectivity index (χ2n) is 4.09. The molecular weight excluding hydrogens is 365 g/mol. The molecule has 0 saturated heterocycles. The van der Waals surface area contributed by atoms with Crippen LogP contribution in [-0.2, 0) is 0 Å². The van der Waals surface area contributed by atoms with Crippen LogP contribution >= 0.6 is 43.5 Å². The Morgan fingerprint density at radius 1 is 1.06 bits per heavy atom. The van der Waals surface area contributed by atoms with Crippen molar-refractivity contribution in [3.63, 3.8) is 0 Å². The second-order valence-corrected chi connectivity index (χ2v) is 6.23. The highest BCUT2D eigenvalue weighted by Crippen LogP contribution is 2.34. The van der Waals surface area contributed by atoms with E-state index in [1.807, 2.05) is 12.1 Å². The molecule has 0 radical (unpaired) electrons. The van der Waals surface area contributed by atoms with Gasteiger partial charge in [0, 0.05) is 20.5 Å². The molecule has 0 atom stereocenters. The first-order valence-corrected chi connectivity index (χ1v) is 8.00. The zero-order chi connectivity index (χ0) is 12.7. The summed E-state index contributed by atoms with van der Waals surface area (Å²) in [6, 6.07) is 3.82. The highest BCUT2D eigenvalue weighted by Gasteiger charge is 2.05. The number of rotatable bonds is 7. The van der Waals surface area contributed by atoms with E-state index < -0.39 is 0 Å². The SMILES string of the molecule is CCCCCCCNc1c(Br)cc(Cl)cc1Br. The largest absolute Gasteiger partial charge is 0.383 e. The summed E-state index contributed by atoms with van der Waals surface area (Å²) in [5, 5.41) is 4.17. The monoisotopic (exact) mass is 381 g/mol. The summed E-state index contributed by atoms with van der Waals surface area (Å²) in [6.07, 6.45) is 6.47.